The molecule has 0 heterocycles. The van der Waals surface area contributed by atoms with Crippen LogP contribution in [0.25, 0.3) is 0 Å². The molecule has 1 rings (SSSR count). The smallest absolute Gasteiger partial charge is 0.306 e. The summed E-state index contributed by atoms with van der Waals surface area (Å²) in [5, 5.41) is 0.526. The van der Waals surface area contributed by atoms with Gasteiger partial charge in [-0.05, 0) is 25.0 Å². The molecule has 0 fully saturated rings. The molecular formula is C15H19ClO3. The summed E-state index contributed by atoms with van der Waals surface area (Å²) in [4.78, 5) is 23.7. The van der Waals surface area contributed by atoms with Crippen molar-refractivity contribution >= 4 is 23.4 Å². The Morgan fingerprint density at radius 2 is 1.89 bits per heavy atom. The predicted molar refractivity (Wildman–Crippen MR) is 75.1 cm³/mol. The lowest BCUT2D eigenvalue weighted by Crippen LogP contribution is -2.19. The van der Waals surface area contributed by atoms with E-state index >= 15 is 0 Å². The summed E-state index contributed by atoms with van der Waals surface area (Å²) in [5.41, 5.74) is 0.635. The van der Waals surface area contributed by atoms with E-state index < -0.39 is 6.10 Å². The highest BCUT2D eigenvalue weighted by atomic mass is 35.5. The maximum atomic E-state index is 12.1. The molecule has 0 radical (unpaired) electrons. The van der Waals surface area contributed by atoms with Gasteiger partial charge in [0, 0.05) is 23.4 Å². The number of rotatable bonds is 7. The van der Waals surface area contributed by atoms with Gasteiger partial charge in [-0.25, -0.2) is 0 Å². The van der Waals surface area contributed by atoms with Crippen molar-refractivity contribution in [2.24, 2.45) is 0 Å². The number of hydrogen-bond donors (Lipinski definition) is 0. The van der Waals surface area contributed by atoms with E-state index in [1.807, 2.05) is 13.8 Å². The van der Waals surface area contributed by atoms with Gasteiger partial charge in [-0.1, -0.05) is 37.6 Å². The number of hydrogen-bond acceptors (Lipinski definition) is 3. The molecule has 0 aromatic heterocycles. The lowest BCUT2D eigenvalue weighted by Gasteiger charge is -2.17. The summed E-state index contributed by atoms with van der Waals surface area (Å²) in [6.07, 6.45) is 1.29. The Bertz CT molecular complexity index is 443. The monoisotopic (exact) mass is 282 g/mol. The van der Waals surface area contributed by atoms with Crippen molar-refractivity contribution in [3.8, 4) is 0 Å². The van der Waals surface area contributed by atoms with Crippen LogP contribution in [0.15, 0.2) is 24.3 Å². The van der Waals surface area contributed by atoms with Crippen molar-refractivity contribution < 1.29 is 14.3 Å². The largest absolute Gasteiger partial charge is 0.449 e. The van der Waals surface area contributed by atoms with Crippen LogP contribution in [0.5, 0.6) is 0 Å². The van der Waals surface area contributed by atoms with Gasteiger partial charge < -0.3 is 4.74 Å². The van der Waals surface area contributed by atoms with E-state index in [1.54, 1.807) is 24.3 Å². The Balaban J connectivity index is 2.91. The van der Waals surface area contributed by atoms with E-state index in [4.69, 9.17) is 16.3 Å². The highest BCUT2D eigenvalue weighted by molar-refractivity contribution is 6.30. The fourth-order valence-electron chi connectivity index (χ4n) is 1.76. The first-order chi connectivity index (χ1) is 9.08. The molecule has 0 amide bonds. The molecule has 0 saturated carbocycles. The molecule has 0 aliphatic heterocycles. The lowest BCUT2D eigenvalue weighted by molar-refractivity contribution is -0.155. The van der Waals surface area contributed by atoms with Crippen LogP contribution in [0.1, 0.15) is 51.2 Å². The Labute approximate surface area is 118 Å². The predicted octanol–water partition coefficient (Wildman–Crippen LogP) is 4.09. The Hall–Kier alpha value is -1.35. The molecule has 1 atom stereocenters. The Morgan fingerprint density at radius 1 is 1.21 bits per heavy atom. The van der Waals surface area contributed by atoms with Gasteiger partial charge in [-0.2, -0.15) is 0 Å². The average Bonchev–Trinajstić information content (AvgIpc) is 2.36. The molecule has 0 aliphatic carbocycles. The Morgan fingerprint density at radius 3 is 2.47 bits per heavy atom. The first-order valence-corrected chi connectivity index (χ1v) is 6.94. The minimum Gasteiger partial charge on any atom is -0.449 e. The van der Waals surface area contributed by atoms with Gasteiger partial charge in [-0.3, -0.25) is 9.59 Å². The second kappa shape index (κ2) is 7.95. The van der Waals surface area contributed by atoms with E-state index in [2.05, 4.69) is 0 Å². The number of benzene rings is 1. The molecule has 0 spiro atoms. The summed E-state index contributed by atoms with van der Waals surface area (Å²) in [7, 11) is 0. The standard InChI is InChI=1S/C15H19ClO3/c1-3-6-13(17)15(19-14(18)7-4-2)11-8-5-9-12(16)10-11/h5,8-10,15H,3-4,6-7H2,1-2H3. The third kappa shape index (κ3) is 5.03. The minimum atomic E-state index is -0.835. The topological polar surface area (TPSA) is 43.4 Å². The van der Waals surface area contributed by atoms with Crippen molar-refractivity contribution in [3.63, 3.8) is 0 Å². The number of carbonyl (C=O) groups is 2. The first kappa shape index (κ1) is 15.7. The van der Waals surface area contributed by atoms with Crippen molar-refractivity contribution in [1.82, 2.24) is 0 Å². The summed E-state index contributed by atoms with van der Waals surface area (Å²) >= 11 is 5.92. The van der Waals surface area contributed by atoms with Crippen LogP contribution in [0.3, 0.4) is 0 Å². The highest BCUT2D eigenvalue weighted by Gasteiger charge is 2.23. The third-order valence-corrected chi connectivity index (χ3v) is 2.88. The number of ketones is 1. The fraction of sp³-hybridized carbons (Fsp3) is 0.467. The molecule has 3 nitrogen and oxygen atoms in total. The normalized spacial score (nSPS) is 11.9. The summed E-state index contributed by atoms with van der Waals surface area (Å²) < 4.78 is 5.30. The maximum absolute atomic E-state index is 12.1. The molecule has 0 bridgehead atoms. The van der Waals surface area contributed by atoms with Crippen LogP contribution in [0.2, 0.25) is 5.02 Å². The molecule has 0 aliphatic rings. The SMILES string of the molecule is CCCC(=O)OC(C(=O)CCC)c1cccc(Cl)c1. The second-order valence-corrected chi connectivity index (χ2v) is 4.83. The van der Waals surface area contributed by atoms with E-state index in [9.17, 15) is 9.59 Å². The fourth-order valence-corrected chi connectivity index (χ4v) is 1.96. The van der Waals surface area contributed by atoms with Gasteiger partial charge in [-0.15, -0.1) is 0 Å². The van der Waals surface area contributed by atoms with Crippen LogP contribution >= 0.6 is 11.6 Å². The molecule has 19 heavy (non-hydrogen) atoms. The molecule has 1 aromatic rings. The minimum absolute atomic E-state index is 0.0887. The van der Waals surface area contributed by atoms with E-state index in [-0.39, 0.29) is 11.8 Å². The third-order valence-electron chi connectivity index (χ3n) is 2.64. The lowest BCUT2D eigenvalue weighted by atomic mass is 10.0. The quantitative estimate of drug-likeness (QED) is 0.707. The molecule has 1 unspecified atom stereocenters. The van der Waals surface area contributed by atoms with Crippen LogP contribution in [0.4, 0.5) is 0 Å². The number of carbonyl (C=O) groups excluding carboxylic acids is 2. The van der Waals surface area contributed by atoms with Crippen LogP contribution < -0.4 is 0 Å². The summed E-state index contributed by atoms with van der Waals surface area (Å²) in [6.45, 7) is 3.81. The van der Waals surface area contributed by atoms with Gasteiger partial charge in [0.05, 0.1) is 0 Å². The van der Waals surface area contributed by atoms with Gasteiger partial charge in [0.2, 0.25) is 0 Å². The molecule has 104 valence electrons. The van der Waals surface area contributed by atoms with E-state index in [1.165, 1.54) is 0 Å². The molecular weight excluding hydrogens is 264 g/mol. The summed E-state index contributed by atoms with van der Waals surface area (Å²) in [6, 6.07) is 6.89. The van der Waals surface area contributed by atoms with Crippen LogP contribution in [0, 0.1) is 0 Å². The van der Waals surface area contributed by atoms with E-state index in [0.717, 1.165) is 6.42 Å². The number of ether oxygens (including phenoxy) is 1. The first-order valence-electron chi connectivity index (χ1n) is 6.56. The van der Waals surface area contributed by atoms with Crippen molar-refractivity contribution in [1.29, 1.82) is 0 Å². The van der Waals surface area contributed by atoms with Crippen LogP contribution in [-0.2, 0) is 14.3 Å². The van der Waals surface area contributed by atoms with Gasteiger partial charge in [0.25, 0.3) is 0 Å². The zero-order chi connectivity index (χ0) is 14.3. The molecule has 0 saturated heterocycles. The number of halogens is 1. The maximum Gasteiger partial charge on any atom is 0.306 e. The average molecular weight is 283 g/mol. The summed E-state index contributed by atoms with van der Waals surface area (Å²) in [5.74, 6) is -0.439. The molecule has 0 N–H and O–H groups in total. The van der Waals surface area contributed by atoms with Gasteiger partial charge in [0.1, 0.15) is 0 Å². The van der Waals surface area contributed by atoms with Gasteiger partial charge >= 0.3 is 5.97 Å². The highest BCUT2D eigenvalue weighted by Crippen LogP contribution is 2.24. The zero-order valence-corrected chi connectivity index (χ0v) is 12.1. The molecule has 1 aromatic carbocycles. The number of Topliss-reactive ketones (excluding diaryl/α,β-unsaturated/α-hetero) is 1. The zero-order valence-electron chi connectivity index (χ0n) is 11.3. The van der Waals surface area contributed by atoms with E-state index in [0.29, 0.717) is 29.8 Å². The van der Waals surface area contributed by atoms with Crippen molar-refractivity contribution in [2.45, 2.75) is 45.6 Å². The Kier molecular flexibility index (Phi) is 6.57. The number of esters is 1. The van der Waals surface area contributed by atoms with Crippen LogP contribution in [-0.4, -0.2) is 11.8 Å². The second-order valence-electron chi connectivity index (χ2n) is 4.39. The van der Waals surface area contributed by atoms with Crippen molar-refractivity contribution in [3.05, 3.63) is 34.9 Å². The molecule has 4 heteroatoms. The van der Waals surface area contributed by atoms with Gasteiger partial charge in [0.15, 0.2) is 11.9 Å². The van der Waals surface area contributed by atoms with Crippen molar-refractivity contribution in [2.75, 3.05) is 0 Å².